The van der Waals surface area contributed by atoms with Crippen LogP contribution in [0.15, 0.2) is 41.8 Å². The molecule has 0 aliphatic carbocycles. The van der Waals surface area contributed by atoms with Crippen LogP contribution < -0.4 is 0 Å². The molecule has 8 heteroatoms. The lowest BCUT2D eigenvalue weighted by Crippen LogP contribution is -2.41. The first-order valence-corrected chi connectivity index (χ1v) is 8.58. The van der Waals surface area contributed by atoms with E-state index in [1.54, 1.807) is 11.0 Å². The highest BCUT2D eigenvalue weighted by molar-refractivity contribution is 7.89. The third-order valence-electron chi connectivity index (χ3n) is 3.83. The molecule has 1 aromatic carbocycles. The Morgan fingerprint density at radius 2 is 2.23 bits per heavy atom. The first kappa shape index (κ1) is 15.1. The number of benzene rings is 1. The summed E-state index contributed by atoms with van der Waals surface area (Å²) in [6.07, 6.45) is 4.81. The number of sulfonamides is 1. The summed E-state index contributed by atoms with van der Waals surface area (Å²) >= 11 is 0. The SMILES string of the molecule is O=S(=O)(c1cccc(F)c1)N1CCC[C@H](Cn2cncn2)C1. The number of halogens is 1. The lowest BCUT2D eigenvalue weighted by atomic mass is 10.00. The molecule has 22 heavy (non-hydrogen) atoms. The van der Waals surface area contributed by atoms with Gasteiger partial charge in [-0.25, -0.2) is 17.8 Å². The number of piperidine rings is 1. The van der Waals surface area contributed by atoms with Crippen molar-refractivity contribution in [1.82, 2.24) is 19.1 Å². The number of aromatic nitrogens is 3. The summed E-state index contributed by atoms with van der Waals surface area (Å²) in [4.78, 5) is 3.90. The molecule has 1 atom stereocenters. The molecule has 0 N–H and O–H groups in total. The standard InChI is InChI=1S/C14H17FN4O2S/c15-13-4-1-5-14(7-13)22(20,21)19-6-2-3-12(9-19)8-18-11-16-10-17-18/h1,4-5,7,10-12H,2-3,6,8-9H2/t12-/m1/s1. The lowest BCUT2D eigenvalue weighted by Gasteiger charge is -2.31. The predicted octanol–water partition coefficient (Wildman–Crippen LogP) is 1.52. The molecule has 2 heterocycles. The van der Waals surface area contributed by atoms with Crippen LogP contribution in [0.1, 0.15) is 12.8 Å². The van der Waals surface area contributed by atoms with Gasteiger partial charge in [0.15, 0.2) is 0 Å². The second kappa shape index (κ2) is 6.13. The Labute approximate surface area is 128 Å². The van der Waals surface area contributed by atoms with Crippen molar-refractivity contribution in [2.24, 2.45) is 5.92 Å². The Morgan fingerprint density at radius 3 is 2.95 bits per heavy atom. The highest BCUT2D eigenvalue weighted by Gasteiger charge is 2.30. The molecule has 1 fully saturated rings. The van der Waals surface area contributed by atoms with Gasteiger partial charge in [0, 0.05) is 19.6 Å². The Kier molecular flexibility index (Phi) is 4.21. The van der Waals surface area contributed by atoms with Crippen LogP contribution >= 0.6 is 0 Å². The fraction of sp³-hybridized carbons (Fsp3) is 0.429. The van der Waals surface area contributed by atoms with E-state index in [-0.39, 0.29) is 10.8 Å². The van der Waals surface area contributed by atoms with E-state index in [4.69, 9.17) is 0 Å². The van der Waals surface area contributed by atoms with Gasteiger partial charge in [-0.1, -0.05) is 6.07 Å². The average Bonchev–Trinajstić information content (AvgIpc) is 3.00. The van der Waals surface area contributed by atoms with Crippen LogP contribution in [-0.4, -0.2) is 40.6 Å². The Bertz CT molecular complexity index is 733. The van der Waals surface area contributed by atoms with Crippen molar-refractivity contribution < 1.29 is 12.8 Å². The van der Waals surface area contributed by atoms with E-state index in [2.05, 4.69) is 10.1 Å². The van der Waals surface area contributed by atoms with Crippen molar-refractivity contribution in [1.29, 1.82) is 0 Å². The molecule has 2 aromatic rings. The number of rotatable bonds is 4. The first-order chi connectivity index (χ1) is 10.6. The van der Waals surface area contributed by atoms with E-state index in [9.17, 15) is 12.8 Å². The van der Waals surface area contributed by atoms with Gasteiger partial charge in [-0.15, -0.1) is 0 Å². The van der Waals surface area contributed by atoms with Crippen LogP contribution in [0.4, 0.5) is 4.39 Å². The second-order valence-electron chi connectivity index (χ2n) is 5.45. The number of hydrogen-bond donors (Lipinski definition) is 0. The van der Waals surface area contributed by atoms with E-state index in [1.165, 1.54) is 28.8 Å². The molecule has 1 aliphatic heterocycles. The molecular weight excluding hydrogens is 307 g/mol. The van der Waals surface area contributed by atoms with E-state index in [1.807, 2.05) is 0 Å². The second-order valence-corrected chi connectivity index (χ2v) is 7.38. The lowest BCUT2D eigenvalue weighted by molar-refractivity contribution is 0.239. The molecule has 0 bridgehead atoms. The minimum absolute atomic E-state index is 0.00825. The third kappa shape index (κ3) is 3.17. The molecule has 118 valence electrons. The highest BCUT2D eigenvalue weighted by Crippen LogP contribution is 2.24. The zero-order valence-corrected chi connectivity index (χ0v) is 12.8. The molecule has 1 aromatic heterocycles. The zero-order chi connectivity index (χ0) is 15.6. The minimum Gasteiger partial charge on any atom is -0.253 e. The van der Waals surface area contributed by atoms with Gasteiger partial charge in [-0.05, 0) is 37.0 Å². The quantitative estimate of drug-likeness (QED) is 0.855. The summed E-state index contributed by atoms with van der Waals surface area (Å²) < 4.78 is 41.7. The Hall–Kier alpha value is -1.80. The van der Waals surface area contributed by atoms with Crippen molar-refractivity contribution in [2.45, 2.75) is 24.3 Å². The van der Waals surface area contributed by atoms with E-state index >= 15 is 0 Å². The first-order valence-electron chi connectivity index (χ1n) is 7.14. The fourth-order valence-electron chi connectivity index (χ4n) is 2.76. The van der Waals surface area contributed by atoms with Crippen LogP contribution in [0.3, 0.4) is 0 Å². The van der Waals surface area contributed by atoms with Gasteiger partial charge in [0.1, 0.15) is 18.5 Å². The maximum absolute atomic E-state index is 13.3. The van der Waals surface area contributed by atoms with Crippen molar-refractivity contribution in [3.05, 3.63) is 42.7 Å². The van der Waals surface area contributed by atoms with E-state index < -0.39 is 15.8 Å². The Morgan fingerprint density at radius 1 is 1.36 bits per heavy atom. The molecular formula is C14H17FN4O2S. The summed E-state index contributed by atoms with van der Waals surface area (Å²) in [5.41, 5.74) is 0. The number of hydrogen-bond acceptors (Lipinski definition) is 4. The van der Waals surface area contributed by atoms with Gasteiger partial charge in [-0.3, -0.25) is 4.68 Å². The van der Waals surface area contributed by atoms with Crippen LogP contribution in [0.5, 0.6) is 0 Å². The smallest absolute Gasteiger partial charge is 0.243 e. The fourth-order valence-corrected chi connectivity index (χ4v) is 4.35. The topological polar surface area (TPSA) is 68.1 Å². The van der Waals surface area contributed by atoms with Crippen LogP contribution in [0.25, 0.3) is 0 Å². The summed E-state index contributed by atoms with van der Waals surface area (Å²) in [7, 11) is -3.65. The monoisotopic (exact) mass is 324 g/mol. The summed E-state index contributed by atoms with van der Waals surface area (Å²) in [5, 5.41) is 4.06. The third-order valence-corrected chi connectivity index (χ3v) is 5.69. The molecule has 1 aliphatic rings. The van der Waals surface area contributed by atoms with Crippen LogP contribution in [0.2, 0.25) is 0 Å². The molecule has 1 saturated heterocycles. The van der Waals surface area contributed by atoms with Crippen molar-refractivity contribution in [3.63, 3.8) is 0 Å². The molecule has 6 nitrogen and oxygen atoms in total. The number of nitrogens with zero attached hydrogens (tertiary/aromatic N) is 4. The molecule has 0 spiro atoms. The normalized spacial score (nSPS) is 20.1. The maximum Gasteiger partial charge on any atom is 0.243 e. The van der Waals surface area contributed by atoms with Crippen molar-refractivity contribution in [2.75, 3.05) is 13.1 Å². The molecule has 3 rings (SSSR count). The zero-order valence-electron chi connectivity index (χ0n) is 12.0. The summed E-state index contributed by atoms with van der Waals surface area (Å²) in [6, 6.07) is 5.15. The molecule has 0 amide bonds. The molecule has 0 unspecified atom stereocenters. The van der Waals surface area contributed by atoms with Crippen LogP contribution in [0, 0.1) is 11.7 Å². The van der Waals surface area contributed by atoms with Crippen molar-refractivity contribution >= 4 is 10.0 Å². The average molecular weight is 324 g/mol. The summed E-state index contributed by atoms with van der Waals surface area (Å²) in [6.45, 7) is 1.51. The highest BCUT2D eigenvalue weighted by atomic mass is 32.2. The van der Waals surface area contributed by atoms with Gasteiger partial charge in [-0.2, -0.15) is 9.40 Å². The molecule has 0 saturated carbocycles. The van der Waals surface area contributed by atoms with Gasteiger partial charge in [0.05, 0.1) is 4.90 Å². The largest absolute Gasteiger partial charge is 0.253 e. The summed E-state index contributed by atoms with van der Waals surface area (Å²) in [5.74, 6) is -0.365. The van der Waals surface area contributed by atoms with Gasteiger partial charge in [0.2, 0.25) is 10.0 Å². The van der Waals surface area contributed by atoms with Gasteiger partial charge in [0.25, 0.3) is 0 Å². The van der Waals surface area contributed by atoms with Gasteiger partial charge < -0.3 is 0 Å². The van der Waals surface area contributed by atoms with Gasteiger partial charge >= 0.3 is 0 Å². The molecule has 0 radical (unpaired) electrons. The predicted molar refractivity (Wildman–Crippen MR) is 77.9 cm³/mol. The maximum atomic E-state index is 13.3. The minimum atomic E-state index is -3.65. The van der Waals surface area contributed by atoms with E-state index in [0.717, 1.165) is 18.9 Å². The van der Waals surface area contributed by atoms with E-state index in [0.29, 0.717) is 19.6 Å². The van der Waals surface area contributed by atoms with Crippen molar-refractivity contribution in [3.8, 4) is 0 Å². The van der Waals surface area contributed by atoms with Crippen LogP contribution in [-0.2, 0) is 16.6 Å². The Balaban J connectivity index is 1.76.